The van der Waals surface area contributed by atoms with E-state index in [2.05, 4.69) is 0 Å². The van der Waals surface area contributed by atoms with E-state index < -0.39 is 0 Å². The molecule has 4 rings (SSSR count). The van der Waals surface area contributed by atoms with Gasteiger partial charge in [0.15, 0.2) is 0 Å². The van der Waals surface area contributed by atoms with Gasteiger partial charge in [0.05, 0.1) is 17.7 Å². The van der Waals surface area contributed by atoms with Crippen molar-refractivity contribution >= 4 is 29.3 Å². The van der Waals surface area contributed by atoms with Crippen LogP contribution < -0.4 is 0 Å². The number of hydrogen-bond donors (Lipinski definition) is 0. The molecule has 1 aliphatic heterocycles. The van der Waals surface area contributed by atoms with Gasteiger partial charge in [0.1, 0.15) is 0 Å². The van der Waals surface area contributed by atoms with Crippen molar-refractivity contribution in [2.75, 3.05) is 7.05 Å². The minimum atomic E-state index is -0.381. The Hall–Kier alpha value is -3.44. The SMILES string of the molecule is CN(Cc1ccc(Cl)cc1)C(=O)c1ccc2c(c1)C(=O)N(Cc1ccccc1)C2=O. The van der Waals surface area contributed by atoms with Crippen LogP contribution in [0, 0.1) is 0 Å². The van der Waals surface area contributed by atoms with E-state index in [1.807, 2.05) is 42.5 Å². The Morgan fingerprint density at radius 2 is 1.53 bits per heavy atom. The van der Waals surface area contributed by atoms with Gasteiger partial charge in [0, 0.05) is 24.2 Å². The van der Waals surface area contributed by atoms with E-state index in [9.17, 15) is 14.4 Å². The molecule has 0 aromatic heterocycles. The predicted octanol–water partition coefficient (Wildman–Crippen LogP) is 4.41. The molecule has 150 valence electrons. The van der Waals surface area contributed by atoms with E-state index in [-0.39, 0.29) is 29.8 Å². The van der Waals surface area contributed by atoms with Gasteiger partial charge in [-0.05, 0) is 41.5 Å². The Morgan fingerprint density at radius 1 is 0.867 bits per heavy atom. The highest BCUT2D eigenvalue weighted by Crippen LogP contribution is 2.26. The summed E-state index contributed by atoms with van der Waals surface area (Å²) in [5.74, 6) is -0.948. The fourth-order valence-corrected chi connectivity index (χ4v) is 3.62. The molecule has 0 spiro atoms. The molecule has 30 heavy (non-hydrogen) atoms. The van der Waals surface area contributed by atoms with Crippen LogP contribution in [0.15, 0.2) is 72.8 Å². The Balaban J connectivity index is 1.53. The highest BCUT2D eigenvalue weighted by Gasteiger charge is 2.36. The molecule has 3 amide bonds. The standard InChI is InChI=1S/C24H19ClN2O3/c1-26(14-17-7-10-19(25)11-8-17)22(28)18-9-12-20-21(13-18)24(30)27(23(20)29)15-16-5-3-2-4-6-16/h2-13H,14-15H2,1H3. The second-order valence-electron chi connectivity index (χ2n) is 7.23. The van der Waals surface area contributed by atoms with Gasteiger partial charge < -0.3 is 4.90 Å². The largest absolute Gasteiger partial charge is 0.337 e. The van der Waals surface area contributed by atoms with Crippen molar-refractivity contribution in [2.45, 2.75) is 13.1 Å². The van der Waals surface area contributed by atoms with Crippen molar-refractivity contribution in [3.8, 4) is 0 Å². The van der Waals surface area contributed by atoms with Gasteiger partial charge in [0.2, 0.25) is 0 Å². The fraction of sp³-hybridized carbons (Fsp3) is 0.125. The number of fused-ring (bicyclic) bond motifs is 1. The van der Waals surface area contributed by atoms with E-state index >= 15 is 0 Å². The minimum Gasteiger partial charge on any atom is -0.337 e. The van der Waals surface area contributed by atoms with E-state index in [1.54, 1.807) is 36.2 Å². The minimum absolute atomic E-state index is 0.201. The first-order valence-electron chi connectivity index (χ1n) is 9.48. The first-order chi connectivity index (χ1) is 14.4. The summed E-state index contributed by atoms with van der Waals surface area (Å²) in [5.41, 5.74) is 2.77. The van der Waals surface area contributed by atoms with Crippen LogP contribution in [-0.2, 0) is 13.1 Å². The molecule has 6 heteroatoms. The van der Waals surface area contributed by atoms with Crippen LogP contribution >= 0.6 is 11.6 Å². The van der Waals surface area contributed by atoms with Gasteiger partial charge in [0.25, 0.3) is 17.7 Å². The number of benzene rings is 3. The molecular weight excluding hydrogens is 400 g/mol. The molecule has 0 saturated heterocycles. The summed E-state index contributed by atoms with van der Waals surface area (Å²) in [4.78, 5) is 41.2. The van der Waals surface area contributed by atoms with Gasteiger partial charge in [-0.1, -0.05) is 54.1 Å². The van der Waals surface area contributed by atoms with Gasteiger partial charge in [-0.25, -0.2) is 0 Å². The van der Waals surface area contributed by atoms with Gasteiger partial charge in [-0.3, -0.25) is 19.3 Å². The van der Waals surface area contributed by atoms with Crippen LogP contribution in [0.25, 0.3) is 0 Å². The molecule has 1 heterocycles. The number of amides is 3. The summed E-state index contributed by atoms with van der Waals surface area (Å²) >= 11 is 5.91. The highest BCUT2D eigenvalue weighted by atomic mass is 35.5. The summed E-state index contributed by atoms with van der Waals surface area (Å²) in [5, 5.41) is 0.634. The van der Waals surface area contributed by atoms with Crippen LogP contribution in [0.5, 0.6) is 0 Å². The first kappa shape index (κ1) is 19.9. The summed E-state index contributed by atoms with van der Waals surface area (Å²) in [6.45, 7) is 0.604. The lowest BCUT2D eigenvalue weighted by atomic mass is 10.0. The maximum Gasteiger partial charge on any atom is 0.261 e. The number of hydrogen-bond acceptors (Lipinski definition) is 3. The van der Waals surface area contributed by atoms with E-state index in [1.165, 1.54) is 11.0 Å². The molecule has 3 aromatic rings. The lowest BCUT2D eigenvalue weighted by Crippen LogP contribution is -2.29. The molecule has 0 N–H and O–H groups in total. The van der Waals surface area contributed by atoms with Crippen molar-refractivity contribution in [1.82, 2.24) is 9.80 Å². The van der Waals surface area contributed by atoms with Crippen molar-refractivity contribution < 1.29 is 14.4 Å². The summed E-state index contributed by atoms with van der Waals surface area (Å²) < 4.78 is 0. The van der Waals surface area contributed by atoms with Crippen molar-refractivity contribution in [2.24, 2.45) is 0 Å². The normalized spacial score (nSPS) is 12.8. The lowest BCUT2D eigenvalue weighted by Gasteiger charge is -2.17. The smallest absolute Gasteiger partial charge is 0.261 e. The predicted molar refractivity (Wildman–Crippen MR) is 114 cm³/mol. The number of rotatable bonds is 5. The van der Waals surface area contributed by atoms with Gasteiger partial charge in [-0.15, -0.1) is 0 Å². The summed E-state index contributed by atoms with van der Waals surface area (Å²) in [6, 6.07) is 21.3. The molecule has 0 saturated carbocycles. The Morgan fingerprint density at radius 3 is 2.23 bits per heavy atom. The Labute approximate surface area is 179 Å². The van der Waals surface area contributed by atoms with Crippen LogP contribution in [0.4, 0.5) is 0 Å². The Kier molecular flexibility index (Phi) is 5.38. The highest BCUT2D eigenvalue weighted by molar-refractivity contribution is 6.30. The maximum absolute atomic E-state index is 12.9. The second-order valence-corrected chi connectivity index (χ2v) is 7.67. The number of carbonyl (C=O) groups is 3. The van der Waals surface area contributed by atoms with Gasteiger partial charge in [-0.2, -0.15) is 0 Å². The van der Waals surface area contributed by atoms with Crippen molar-refractivity contribution in [3.05, 3.63) is 106 Å². The summed E-state index contributed by atoms with van der Waals surface area (Å²) in [6.07, 6.45) is 0. The maximum atomic E-state index is 12.9. The first-order valence-corrected chi connectivity index (χ1v) is 9.86. The molecule has 0 fully saturated rings. The molecular formula is C24H19ClN2O3. The zero-order valence-electron chi connectivity index (χ0n) is 16.3. The zero-order chi connectivity index (χ0) is 21.3. The third-order valence-electron chi connectivity index (χ3n) is 5.08. The number of halogens is 1. The molecule has 5 nitrogen and oxygen atoms in total. The number of nitrogens with zero attached hydrogens (tertiary/aromatic N) is 2. The molecule has 1 aliphatic rings. The molecule has 0 radical (unpaired) electrons. The average molecular weight is 419 g/mol. The third-order valence-corrected chi connectivity index (χ3v) is 5.33. The van der Waals surface area contributed by atoms with Crippen LogP contribution in [0.1, 0.15) is 42.2 Å². The second kappa shape index (κ2) is 8.13. The van der Waals surface area contributed by atoms with Crippen LogP contribution in [0.3, 0.4) is 0 Å². The van der Waals surface area contributed by atoms with Crippen molar-refractivity contribution in [3.63, 3.8) is 0 Å². The lowest BCUT2D eigenvalue weighted by molar-refractivity contribution is 0.0642. The van der Waals surface area contributed by atoms with Crippen LogP contribution in [0.2, 0.25) is 5.02 Å². The topological polar surface area (TPSA) is 57.7 Å². The van der Waals surface area contributed by atoms with Crippen molar-refractivity contribution in [1.29, 1.82) is 0 Å². The average Bonchev–Trinajstić information content (AvgIpc) is 3.00. The molecule has 0 bridgehead atoms. The number of imide groups is 1. The summed E-state index contributed by atoms with van der Waals surface area (Å²) in [7, 11) is 1.69. The van der Waals surface area contributed by atoms with Crippen LogP contribution in [-0.4, -0.2) is 34.6 Å². The van der Waals surface area contributed by atoms with Gasteiger partial charge >= 0.3 is 0 Å². The zero-order valence-corrected chi connectivity index (χ0v) is 17.1. The fourth-order valence-electron chi connectivity index (χ4n) is 3.49. The molecule has 3 aromatic carbocycles. The molecule has 0 aliphatic carbocycles. The van der Waals surface area contributed by atoms with E-state index in [4.69, 9.17) is 11.6 Å². The molecule has 0 atom stereocenters. The number of carbonyl (C=O) groups excluding carboxylic acids is 3. The van der Waals surface area contributed by atoms with E-state index in [0.29, 0.717) is 22.7 Å². The quantitative estimate of drug-likeness (QED) is 0.577. The Bertz CT molecular complexity index is 1130. The van der Waals surface area contributed by atoms with E-state index in [0.717, 1.165) is 11.1 Å². The monoisotopic (exact) mass is 418 g/mol. The molecule has 0 unspecified atom stereocenters. The third kappa shape index (κ3) is 3.84.